The Balaban J connectivity index is 1.46. The first-order chi connectivity index (χ1) is 16.7. The highest BCUT2D eigenvalue weighted by atomic mass is 16.6. The molecule has 0 aromatic heterocycles. The maximum absolute atomic E-state index is 13.2. The van der Waals surface area contributed by atoms with Crippen molar-refractivity contribution in [1.29, 1.82) is 0 Å². The van der Waals surface area contributed by atoms with E-state index in [9.17, 15) is 9.59 Å². The Hall–Kier alpha value is -4.18. The van der Waals surface area contributed by atoms with Gasteiger partial charge in [-0.15, -0.1) is 0 Å². The molecule has 0 heterocycles. The summed E-state index contributed by atoms with van der Waals surface area (Å²) in [5.74, 6) is -1.29. The highest BCUT2D eigenvalue weighted by Gasteiger charge is 2.53. The third-order valence-electron chi connectivity index (χ3n) is 6.82. The summed E-state index contributed by atoms with van der Waals surface area (Å²) < 4.78 is 12.3. The van der Waals surface area contributed by atoms with Crippen molar-refractivity contribution in [3.05, 3.63) is 143 Å². The lowest BCUT2D eigenvalue weighted by molar-refractivity contribution is -0.0557. The number of benzene rings is 4. The van der Waals surface area contributed by atoms with E-state index in [1.807, 2.05) is 36.4 Å². The second-order valence-electron chi connectivity index (χ2n) is 8.69. The molecule has 4 aromatic rings. The van der Waals surface area contributed by atoms with E-state index in [2.05, 4.69) is 24.3 Å². The molecule has 166 valence electrons. The van der Waals surface area contributed by atoms with Crippen LogP contribution in [0, 0.1) is 0 Å². The number of carbonyl (C=O) groups excluding carboxylic acids is 2. The third kappa shape index (κ3) is 3.30. The highest BCUT2D eigenvalue weighted by Crippen LogP contribution is 2.54. The largest absolute Gasteiger partial charge is 0.454 e. The van der Waals surface area contributed by atoms with Gasteiger partial charge in [-0.05, 0) is 46.5 Å². The van der Waals surface area contributed by atoms with Crippen LogP contribution in [0.5, 0.6) is 0 Å². The van der Waals surface area contributed by atoms with Crippen molar-refractivity contribution in [2.45, 2.75) is 24.0 Å². The molecule has 0 amide bonds. The van der Waals surface area contributed by atoms with E-state index in [0.29, 0.717) is 11.1 Å². The summed E-state index contributed by atoms with van der Waals surface area (Å²) in [4.78, 5) is 26.3. The number of rotatable bonds is 4. The topological polar surface area (TPSA) is 52.6 Å². The first kappa shape index (κ1) is 20.4. The van der Waals surface area contributed by atoms with E-state index in [4.69, 9.17) is 9.47 Å². The normalized spacial score (nSPS) is 21.8. The van der Waals surface area contributed by atoms with Crippen LogP contribution in [0.3, 0.4) is 0 Å². The Morgan fingerprint density at radius 3 is 1.06 bits per heavy atom. The van der Waals surface area contributed by atoms with E-state index < -0.39 is 24.1 Å². The molecule has 0 spiro atoms. The zero-order valence-electron chi connectivity index (χ0n) is 18.3. The molecule has 3 aliphatic rings. The molecule has 0 unspecified atom stereocenters. The van der Waals surface area contributed by atoms with E-state index >= 15 is 0 Å². The molecule has 3 aliphatic carbocycles. The first-order valence-corrected chi connectivity index (χ1v) is 11.4. The zero-order valence-corrected chi connectivity index (χ0v) is 18.3. The van der Waals surface area contributed by atoms with Gasteiger partial charge in [0.1, 0.15) is 0 Å². The Bertz CT molecular complexity index is 1210. The maximum atomic E-state index is 13.2. The number of esters is 2. The lowest BCUT2D eigenvalue weighted by atomic mass is 9.61. The lowest BCUT2D eigenvalue weighted by Gasteiger charge is -2.49. The molecule has 2 atom stereocenters. The van der Waals surface area contributed by atoms with Gasteiger partial charge in [-0.25, -0.2) is 9.59 Å². The standard InChI is InChI=1S/C30H22O4/c31-29(19-11-3-1-4-12-19)33-27-25-21-15-7-9-17-23(21)26(24-18-10-8-16-22(24)25)28(27)34-30(32)20-13-5-2-6-14-20/h1-18,25-28H/t25?,26?,27-,28+. The Kier molecular flexibility index (Phi) is 4.99. The summed E-state index contributed by atoms with van der Waals surface area (Å²) in [7, 11) is 0. The second-order valence-corrected chi connectivity index (χ2v) is 8.69. The van der Waals surface area contributed by atoms with Gasteiger partial charge in [-0.2, -0.15) is 0 Å². The van der Waals surface area contributed by atoms with Gasteiger partial charge in [-0.1, -0.05) is 84.9 Å². The van der Waals surface area contributed by atoms with Crippen molar-refractivity contribution in [2.75, 3.05) is 0 Å². The van der Waals surface area contributed by atoms with Crippen LogP contribution < -0.4 is 0 Å². The van der Waals surface area contributed by atoms with Crippen molar-refractivity contribution in [3.8, 4) is 0 Å². The Morgan fingerprint density at radius 2 is 0.735 bits per heavy atom. The van der Waals surface area contributed by atoms with Crippen molar-refractivity contribution >= 4 is 11.9 Å². The van der Waals surface area contributed by atoms with Crippen molar-refractivity contribution < 1.29 is 19.1 Å². The summed E-state index contributed by atoms with van der Waals surface area (Å²) in [6, 6.07) is 34.2. The minimum Gasteiger partial charge on any atom is -0.454 e. The molecule has 7 rings (SSSR count). The van der Waals surface area contributed by atoms with Gasteiger partial charge < -0.3 is 9.47 Å². The summed E-state index contributed by atoms with van der Waals surface area (Å²) >= 11 is 0. The molecular formula is C30H22O4. The van der Waals surface area contributed by atoms with E-state index in [1.165, 1.54) is 0 Å². The fourth-order valence-corrected chi connectivity index (χ4v) is 5.38. The van der Waals surface area contributed by atoms with Crippen molar-refractivity contribution in [1.82, 2.24) is 0 Å². The van der Waals surface area contributed by atoms with Crippen LogP contribution in [0.25, 0.3) is 0 Å². The molecule has 0 N–H and O–H groups in total. The van der Waals surface area contributed by atoms with Crippen LogP contribution in [-0.4, -0.2) is 24.1 Å². The molecular weight excluding hydrogens is 424 g/mol. The van der Waals surface area contributed by atoms with Gasteiger partial charge >= 0.3 is 11.9 Å². The fourth-order valence-electron chi connectivity index (χ4n) is 5.38. The van der Waals surface area contributed by atoms with Gasteiger partial charge in [0.15, 0.2) is 12.2 Å². The highest BCUT2D eigenvalue weighted by molar-refractivity contribution is 5.90. The van der Waals surface area contributed by atoms with E-state index in [0.717, 1.165) is 22.3 Å². The molecule has 0 saturated carbocycles. The predicted octanol–water partition coefficient (Wildman–Crippen LogP) is 5.73. The number of ether oxygens (including phenoxy) is 2. The average molecular weight is 447 g/mol. The minimum absolute atomic E-state index is 0.223. The molecule has 4 heteroatoms. The monoisotopic (exact) mass is 446 g/mol. The number of hydrogen-bond donors (Lipinski definition) is 0. The van der Waals surface area contributed by atoms with Crippen LogP contribution >= 0.6 is 0 Å². The van der Waals surface area contributed by atoms with Crippen LogP contribution in [0.4, 0.5) is 0 Å². The predicted molar refractivity (Wildman–Crippen MR) is 128 cm³/mol. The van der Waals surface area contributed by atoms with E-state index in [-0.39, 0.29) is 11.8 Å². The lowest BCUT2D eigenvalue weighted by Crippen LogP contribution is -2.51. The molecule has 4 aromatic carbocycles. The molecule has 0 saturated heterocycles. The van der Waals surface area contributed by atoms with Crippen LogP contribution in [0.2, 0.25) is 0 Å². The molecule has 34 heavy (non-hydrogen) atoms. The number of hydrogen-bond acceptors (Lipinski definition) is 4. The summed E-state index contributed by atoms with van der Waals surface area (Å²) in [6.45, 7) is 0. The van der Waals surface area contributed by atoms with Crippen LogP contribution in [0.15, 0.2) is 109 Å². The quantitative estimate of drug-likeness (QED) is 0.376. The van der Waals surface area contributed by atoms with Gasteiger partial charge in [0.25, 0.3) is 0 Å². The maximum Gasteiger partial charge on any atom is 0.338 e. The molecule has 0 radical (unpaired) electrons. The van der Waals surface area contributed by atoms with Crippen LogP contribution in [0.1, 0.15) is 54.8 Å². The van der Waals surface area contributed by atoms with Crippen molar-refractivity contribution in [3.63, 3.8) is 0 Å². The minimum atomic E-state index is -0.643. The average Bonchev–Trinajstić information content (AvgIpc) is 2.90. The van der Waals surface area contributed by atoms with Crippen molar-refractivity contribution in [2.24, 2.45) is 0 Å². The number of fused-ring (bicyclic) bond motifs is 1. The Labute approximate surface area is 197 Å². The fraction of sp³-hybridized carbons (Fsp3) is 0.133. The van der Waals surface area contributed by atoms with Gasteiger partial charge in [0, 0.05) is 0 Å². The van der Waals surface area contributed by atoms with Gasteiger partial charge in [-0.3, -0.25) is 0 Å². The number of carbonyl (C=O) groups is 2. The Morgan fingerprint density at radius 1 is 0.441 bits per heavy atom. The molecule has 0 fully saturated rings. The summed E-state index contributed by atoms with van der Waals surface area (Å²) in [5, 5.41) is 0. The van der Waals surface area contributed by atoms with Crippen LogP contribution in [-0.2, 0) is 9.47 Å². The molecule has 0 aliphatic heterocycles. The van der Waals surface area contributed by atoms with Gasteiger partial charge in [0.05, 0.1) is 23.0 Å². The first-order valence-electron chi connectivity index (χ1n) is 11.4. The summed E-state index contributed by atoms with van der Waals surface area (Å²) in [5.41, 5.74) is 5.40. The SMILES string of the molecule is O=C(O[C@@H]1C2c3ccccc3C(c3ccccc32)[C@@H]1OC(=O)c1ccccc1)c1ccccc1. The summed E-state index contributed by atoms with van der Waals surface area (Å²) in [6.07, 6.45) is -1.29. The zero-order chi connectivity index (χ0) is 23.1. The van der Waals surface area contributed by atoms with E-state index in [1.54, 1.807) is 48.5 Å². The molecule has 2 bridgehead atoms. The molecule has 4 nitrogen and oxygen atoms in total. The van der Waals surface area contributed by atoms with Gasteiger partial charge in [0.2, 0.25) is 0 Å². The third-order valence-corrected chi connectivity index (χ3v) is 6.82. The smallest absolute Gasteiger partial charge is 0.338 e. The second kappa shape index (κ2) is 8.31.